The van der Waals surface area contributed by atoms with Gasteiger partial charge >= 0.3 is 0 Å². The van der Waals surface area contributed by atoms with Gasteiger partial charge in [0.2, 0.25) is 5.91 Å². The predicted octanol–water partition coefficient (Wildman–Crippen LogP) is 3.95. The molecule has 0 unspecified atom stereocenters. The quantitative estimate of drug-likeness (QED) is 0.876. The van der Waals surface area contributed by atoms with Crippen molar-refractivity contribution >= 4 is 39.1 Å². The minimum absolute atomic E-state index is 0.0777. The molecule has 0 saturated carbocycles. The Morgan fingerprint density at radius 2 is 1.95 bits per heavy atom. The third kappa shape index (κ3) is 3.95. The van der Waals surface area contributed by atoms with E-state index in [0.717, 1.165) is 5.56 Å². The molecule has 2 amide bonds. The van der Waals surface area contributed by atoms with Gasteiger partial charge in [-0.15, -0.1) is 0 Å². The molecule has 1 aromatic heterocycles. The molecule has 1 heterocycles. The molecule has 0 spiro atoms. The average Bonchev–Trinajstić information content (AvgIpc) is 2.89. The van der Waals surface area contributed by atoms with Crippen LogP contribution < -0.4 is 10.6 Å². The fourth-order valence-corrected chi connectivity index (χ4v) is 2.01. The van der Waals surface area contributed by atoms with Crippen LogP contribution >= 0.6 is 15.9 Å². The van der Waals surface area contributed by atoms with Crippen molar-refractivity contribution < 1.29 is 14.0 Å². The number of benzene rings is 1. The van der Waals surface area contributed by atoms with Crippen molar-refractivity contribution in [1.29, 1.82) is 0 Å². The average molecular weight is 351 g/mol. The van der Waals surface area contributed by atoms with Crippen molar-refractivity contribution in [2.75, 3.05) is 10.6 Å². The largest absolute Gasteiger partial charge is 0.444 e. The van der Waals surface area contributed by atoms with Crippen molar-refractivity contribution in [3.63, 3.8) is 0 Å². The highest BCUT2D eigenvalue weighted by molar-refractivity contribution is 9.10. The number of halogens is 1. The summed E-state index contributed by atoms with van der Waals surface area (Å²) in [6.45, 7) is 3.65. The summed E-state index contributed by atoms with van der Waals surface area (Å²) in [4.78, 5) is 23.5. The predicted molar refractivity (Wildman–Crippen MR) is 84.5 cm³/mol. The molecule has 0 fully saturated rings. The van der Waals surface area contributed by atoms with Gasteiger partial charge in [-0.25, -0.2) is 0 Å². The first-order valence-corrected chi connectivity index (χ1v) is 7.26. The highest BCUT2D eigenvalue weighted by Crippen LogP contribution is 2.22. The van der Waals surface area contributed by atoms with E-state index in [2.05, 4.69) is 26.6 Å². The Morgan fingerprint density at radius 1 is 1.19 bits per heavy atom. The van der Waals surface area contributed by atoms with Gasteiger partial charge in [-0.1, -0.05) is 13.0 Å². The van der Waals surface area contributed by atoms with Crippen molar-refractivity contribution in [3.8, 4) is 0 Å². The van der Waals surface area contributed by atoms with E-state index in [-0.39, 0.29) is 17.6 Å². The lowest BCUT2D eigenvalue weighted by Gasteiger charge is -2.10. The van der Waals surface area contributed by atoms with Crippen LogP contribution in [-0.2, 0) is 4.79 Å². The van der Waals surface area contributed by atoms with Crippen LogP contribution in [0.25, 0.3) is 0 Å². The van der Waals surface area contributed by atoms with Crippen LogP contribution in [0.5, 0.6) is 0 Å². The van der Waals surface area contributed by atoms with Gasteiger partial charge in [-0.3, -0.25) is 9.59 Å². The van der Waals surface area contributed by atoms with Gasteiger partial charge in [0.1, 0.15) is 0 Å². The van der Waals surface area contributed by atoms with Crippen LogP contribution in [0.2, 0.25) is 0 Å². The smallest absolute Gasteiger partial charge is 0.291 e. The number of amides is 2. The van der Waals surface area contributed by atoms with Gasteiger partial charge in [-0.05, 0) is 52.7 Å². The van der Waals surface area contributed by atoms with E-state index in [1.54, 1.807) is 31.2 Å². The minimum Gasteiger partial charge on any atom is -0.444 e. The molecular formula is C15H15BrN2O3. The molecule has 0 bridgehead atoms. The van der Waals surface area contributed by atoms with Crippen molar-refractivity contribution in [2.45, 2.75) is 20.3 Å². The monoisotopic (exact) mass is 350 g/mol. The third-order valence-electron chi connectivity index (χ3n) is 2.89. The fourth-order valence-electron chi connectivity index (χ4n) is 1.70. The number of anilines is 2. The van der Waals surface area contributed by atoms with Gasteiger partial charge in [-0.2, -0.15) is 0 Å². The van der Waals surface area contributed by atoms with Crippen molar-refractivity contribution in [2.24, 2.45) is 0 Å². The number of hydrogen-bond donors (Lipinski definition) is 2. The Hall–Kier alpha value is -2.08. The van der Waals surface area contributed by atoms with Crippen LogP contribution in [0, 0.1) is 6.92 Å². The molecule has 0 aliphatic carbocycles. The lowest BCUT2D eigenvalue weighted by atomic mass is 10.1. The number of carbonyl (C=O) groups excluding carboxylic acids is 2. The van der Waals surface area contributed by atoms with Gasteiger partial charge in [0, 0.05) is 17.8 Å². The standard InChI is InChI=1S/C15H15BrN2O3/c1-3-14(19)17-10-5-4-9(2)11(8-10)18-15(20)12-6-7-13(16)21-12/h4-8H,3H2,1-2H3,(H,17,19)(H,18,20). The summed E-state index contributed by atoms with van der Waals surface area (Å²) in [6.07, 6.45) is 0.399. The molecule has 5 nitrogen and oxygen atoms in total. The van der Waals surface area contributed by atoms with E-state index < -0.39 is 0 Å². The first-order valence-electron chi connectivity index (χ1n) is 6.46. The molecule has 0 saturated heterocycles. The van der Waals surface area contributed by atoms with Gasteiger partial charge in [0.15, 0.2) is 10.4 Å². The molecule has 6 heteroatoms. The highest BCUT2D eigenvalue weighted by Gasteiger charge is 2.12. The summed E-state index contributed by atoms with van der Waals surface area (Å²) in [5.74, 6) is -0.210. The first-order chi connectivity index (χ1) is 9.99. The number of hydrogen-bond acceptors (Lipinski definition) is 3. The van der Waals surface area contributed by atoms with Crippen LogP contribution in [0.3, 0.4) is 0 Å². The number of nitrogens with one attached hydrogen (secondary N) is 2. The topological polar surface area (TPSA) is 71.3 Å². The molecule has 2 rings (SSSR count). The first kappa shape index (κ1) is 15.3. The summed E-state index contributed by atoms with van der Waals surface area (Å²) in [5, 5.41) is 5.52. The van der Waals surface area contributed by atoms with E-state index in [0.29, 0.717) is 22.5 Å². The second-order valence-corrected chi connectivity index (χ2v) is 5.27. The normalized spacial score (nSPS) is 10.2. The van der Waals surface area contributed by atoms with Gasteiger partial charge in [0.05, 0.1) is 0 Å². The van der Waals surface area contributed by atoms with Crippen LogP contribution in [-0.4, -0.2) is 11.8 Å². The lowest BCUT2D eigenvalue weighted by molar-refractivity contribution is -0.115. The Labute approximate surface area is 130 Å². The molecular weight excluding hydrogens is 336 g/mol. The number of carbonyl (C=O) groups is 2. The summed E-state index contributed by atoms with van der Waals surface area (Å²) >= 11 is 3.15. The summed E-state index contributed by atoms with van der Waals surface area (Å²) in [7, 11) is 0. The van der Waals surface area contributed by atoms with E-state index in [9.17, 15) is 9.59 Å². The molecule has 0 aliphatic rings. The maximum absolute atomic E-state index is 12.1. The molecule has 1 aromatic carbocycles. The number of rotatable bonds is 4. The maximum atomic E-state index is 12.1. The van der Waals surface area contributed by atoms with Crippen LogP contribution in [0.15, 0.2) is 39.4 Å². The Morgan fingerprint density at radius 3 is 2.57 bits per heavy atom. The minimum atomic E-state index is -0.345. The van der Waals surface area contributed by atoms with E-state index in [1.165, 1.54) is 0 Å². The molecule has 0 atom stereocenters. The molecule has 0 radical (unpaired) electrons. The second-order valence-electron chi connectivity index (χ2n) is 4.49. The van der Waals surface area contributed by atoms with Gasteiger partial charge < -0.3 is 15.1 Å². The number of furan rings is 1. The Bertz CT molecular complexity index is 679. The zero-order chi connectivity index (χ0) is 15.4. The number of aryl methyl sites for hydroxylation is 1. The van der Waals surface area contributed by atoms with E-state index in [4.69, 9.17) is 4.42 Å². The molecule has 21 heavy (non-hydrogen) atoms. The fraction of sp³-hybridized carbons (Fsp3) is 0.200. The van der Waals surface area contributed by atoms with E-state index in [1.807, 2.05) is 13.0 Å². The van der Waals surface area contributed by atoms with Gasteiger partial charge in [0.25, 0.3) is 5.91 Å². The zero-order valence-electron chi connectivity index (χ0n) is 11.7. The highest BCUT2D eigenvalue weighted by atomic mass is 79.9. The second kappa shape index (κ2) is 6.58. The third-order valence-corrected chi connectivity index (χ3v) is 3.31. The molecule has 0 aliphatic heterocycles. The Balaban J connectivity index is 2.17. The lowest BCUT2D eigenvalue weighted by Crippen LogP contribution is -2.13. The summed E-state index contributed by atoms with van der Waals surface area (Å²) in [6, 6.07) is 8.58. The maximum Gasteiger partial charge on any atom is 0.291 e. The Kier molecular flexibility index (Phi) is 4.80. The van der Waals surface area contributed by atoms with Crippen LogP contribution in [0.4, 0.5) is 11.4 Å². The van der Waals surface area contributed by atoms with Crippen molar-refractivity contribution in [1.82, 2.24) is 0 Å². The van der Waals surface area contributed by atoms with Crippen molar-refractivity contribution in [3.05, 3.63) is 46.3 Å². The summed E-state index contributed by atoms with van der Waals surface area (Å²) in [5.41, 5.74) is 2.16. The molecule has 2 aromatic rings. The van der Waals surface area contributed by atoms with E-state index >= 15 is 0 Å². The van der Waals surface area contributed by atoms with Crippen LogP contribution in [0.1, 0.15) is 29.5 Å². The molecule has 2 N–H and O–H groups in total. The zero-order valence-corrected chi connectivity index (χ0v) is 13.3. The SMILES string of the molecule is CCC(=O)Nc1ccc(C)c(NC(=O)c2ccc(Br)o2)c1. The summed E-state index contributed by atoms with van der Waals surface area (Å²) < 4.78 is 5.70. The molecule has 110 valence electrons.